The zero-order chi connectivity index (χ0) is 60.9. The van der Waals surface area contributed by atoms with Crippen molar-refractivity contribution in [3.05, 3.63) is 117 Å². The molecule has 4 aliphatic rings. The second-order valence-corrected chi connectivity index (χ2v) is 32.5. The van der Waals surface area contributed by atoms with Gasteiger partial charge >= 0.3 is 0 Å². The van der Waals surface area contributed by atoms with Crippen LogP contribution in [-0.4, -0.2) is 148 Å². The average Bonchev–Trinajstić information content (AvgIpc) is 0.972. The Balaban J connectivity index is 0.000000205. The van der Waals surface area contributed by atoms with Gasteiger partial charge in [-0.05, 0) is 204 Å². The first-order chi connectivity index (χ1) is 40.9. The van der Waals surface area contributed by atoms with Gasteiger partial charge in [0.05, 0.1) is 58.3 Å². The molecule has 6 heterocycles. The zero-order valence-corrected chi connectivity index (χ0v) is 54.5. The van der Waals surface area contributed by atoms with Gasteiger partial charge in [-0.3, -0.25) is 30.1 Å². The Kier molecular flexibility index (Phi) is 19.5. The number of nitrogen functional groups attached to an aromatic ring is 1. The first-order valence-corrected chi connectivity index (χ1v) is 35.5. The lowest BCUT2D eigenvalue weighted by Crippen LogP contribution is -2.53. The Hall–Kier alpha value is -6.94. The first-order valence-electron chi connectivity index (χ1n) is 28.7. The lowest BCUT2D eigenvalue weighted by molar-refractivity contribution is -0.384. The minimum Gasteiger partial charge on any atom is -0.397 e. The van der Waals surface area contributed by atoms with Gasteiger partial charge in [-0.1, -0.05) is 14.9 Å². The number of hydrogen-bond donors (Lipinski definition) is 5. The molecule has 2 aliphatic heterocycles. The van der Waals surface area contributed by atoms with E-state index in [4.69, 9.17) is 10.7 Å². The predicted octanol–water partition coefficient (Wildman–Crippen LogP) is 13.2. The predicted molar refractivity (Wildman–Crippen MR) is 368 cm³/mol. The van der Waals surface area contributed by atoms with E-state index in [9.17, 15) is 19.2 Å². The molecule has 2 saturated carbocycles. The molecule has 26 heteroatoms. The summed E-state index contributed by atoms with van der Waals surface area (Å²) in [5, 5.41) is 26.4. The van der Waals surface area contributed by atoms with Gasteiger partial charge in [-0.2, -0.15) is 9.97 Å². The maximum atomic E-state index is 13.3. The van der Waals surface area contributed by atoms with Crippen LogP contribution in [0.2, 0.25) is 0 Å². The Morgan fingerprint density at radius 3 is 1.38 bits per heavy atom. The van der Waals surface area contributed by atoms with Crippen molar-refractivity contribution in [2.45, 2.75) is 78.3 Å². The van der Waals surface area contributed by atoms with E-state index in [1.54, 1.807) is 63.8 Å². The fraction of sp³-hybridized carbons (Fsp3) is 0.419. The number of fused-ring (bicyclic) bond motifs is 2. The number of halogens is 2. The van der Waals surface area contributed by atoms with Gasteiger partial charge in [-0.15, -0.1) is 0 Å². The molecule has 0 radical (unpaired) electrons. The molecule has 466 valence electrons. The smallest absolute Gasteiger partial charge is 0.294 e. The topological polar surface area (TPSA) is 268 Å². The number of benzene rings is 4. The molecule has 4 fully saturated rings. The third-order valence-electron chi connectivity index (χ3n) is 17.5. The first kappa shape index (κ1) is 65.5. The molecular formula is C62H80Br2N18O4P2. The number of aromatic nitrogens is 8. The van der Waals surface area contributed by atoms with Crippen molar-refractivity contribution < 1.29 is 14.1 Å². The number of nitro benzene ring substituents is 1. The summed E-state index contributed by atoms with van der Waals surface area (Å²) in [6.07, 6.45) is 19.2. The van der Waals surface area contributed by atoms with Gasteiger partial charge in [0.1, 0.15) is 42.6 Å². The molecule has 2 aliphatic carbocycles. The largest absolute Gasteiger partial charge is 0.397 e. The van der Waals surface area contributed by atoms with E-state index in [1.807, 2.05) is 48.5 Å². The maximum Gasteiger partial charge on any atom is 0.294 e. The van der Waals surface area contributed by atoms with Crippen LogP contribution in [0.5, 0.6) is 0 Å². The standard InChI is InChI=1S/C30H35BrN9O3P.C30H37BrN9OP.2CH4/c1-38(2)20-16-30(17-20)9-13-39(14-10-30)24-8-5-19(15-25(24)40(41)42)35-29-34-18-21(31)28(37-29)36-23-7-6-22-26(33-12-11-32-22)27(23)44(3,4)43;1-39(2)20-16-30(17-20)9-13-40(14-10-30)25-8-5-19(15-22(25)32)36-29-35-18-21(31)28(38-29)37-24-7-6-23-26(34-12-11-33-23)27(24)42(3,4)41;;/h5-8,11-12,15,18,20H,9-10,13-14,16-17H2,1-4H3,(H2,34,35,36,37);5-8,11-12,15,18,20H,9-10,13-14,16-17,32H2,1-4H3,(H2,35,36,37,38);2*1H4. The zero-order valence-electron chi connectivity index (χ0n) is 49.6. The van der Waals surface area contributed by atoms with Crippen molar-refractivity contribution in [3.8, 4) is 0 Å². The highest BCUT2D eigenvalue weighted by Gasteiger charge is 2.48. The summed E-state index contributed by atoms with van der Waals surface area (Å²) in [4.78, 5) is 56.8. The van der Waals surface area contributed by atoms with Gasteiger partial charge < -0.3 is 55.7 Å². The van der Waals surface area contributed by atoms with Crippen molar-refractivity contribution >= 4 is 148 Å². The van der Waals surface area contributed by atoms with E-state index in [1.165, 1.54) is 44.6 Å². The normalized spacial score (nSPS) is 17.1. The quantitative estimate of drug-likeness (QED) is 0.0276. The summed E-state index contributed by atoms with van der Waals surface area (Å²) in [5.74, 6) is 1.62. The van der Waals surface area contributed by atoms with Gasteiger partial charge in [0.15, 0.2) is 0 Å². The van der Waals surface area contributed by atoms with Gasteiger partial charge in [-0.25, -0.2) is 9.97 Å². The Morgan fingerprint density at radius 1 is 0.580 bits per heavy atom. The van der Waals surface area contributed by atoms with E-state index in [2.05, 4.69) is 142 Å². The summed E-state index contributed by atoms with van der Waals surface area (Å²) in [6.45, 7) is 10.5. The van der Waals surface area contributed by atoms with E-state index in [0.717, 1.165) is 62.1 Å². The second-order valence-electron chi connectivity index (χ2n) is 24.5. The molecular weight excluding hydrogens is 1280 g/mol. The molecule has 0 unspecified atom stereocenters. The minimum atomic E-state index is -2.77. The van der Waals surface area contributed by atoms with Crippen LogP contribution in [0, 0.1) is 20.9 Å². The number of nitrogens with zero attached hydrogens (tertiary/aromatic N) is 13. The molecule has 2 spiro atoms. The fourth-order valence-electron chi connectivity index (χ4n) is 12.7. The Morgan fingerprint density at radius 2 is 0.977 bits per heavy atom. The van der Waals surface area contributed by atoms with E-state index in [-0.39, 0.29) is 31.4 Å². The number of nitro groups is 1. The Bertz CT molecular complexity index is 3970. The summed E-state index contributed by atoms with van der Waals surface area (Å²) in [5.41, 5.74) is 15.0. The van der Waals surface area contributed by atoms with Crippen molar-refractivity contribution in [3.63, 3.8) is 0 Å². The number of nitrogens with two attached hydrogens (primary N) is 1. The molecule has 8 aromatic rings. The van der Waals surface area contributed by atoms with Crippen molar-refractivity contribution in [2.75, 3.05) is 118 Å². The molecule has 22 nitrogen and oxygen atoms in total. The number of hydrogen-bond acceptors (Lipinski definition) is 21. The van der Waals surface area contributed by atoms with Gasteiger partial charge in [0.25, 0.3) is 5.69 Å². The molecule has 4 aromatic carbocycles. The molecule has 2 saturated heterocycles. The lowest BCUT2D eigenvalue weighted by atomic mass is 9.60. The van der Waals surface area contributed by atoms with E-state index in [0.29, 0.717) is 98.8 Å². The molecule has 12 rings (SSSR count). The van der Waals surface area contributed by atoms with Crippen LogP contribution >= 0.6 is 46.1 Å². The highest BCUT2D eigenvalue weighted by molar-refractivity contribution is 9.11. The summed E-state index contributed by atoms with van der Waals surface area (Å²) in [7, 11) is 3.15. The molecule has 6 N–H and O–H groups in total. The van der Waals surface area contributed by atoms with Crippen LogP contribution in [0.1, 0.15) is 66.2 Å². The molecule has 4 aromatic heterocycles. The minimum absolute atomic E-state index is 0. The molecule has 88 heavy (non-hydrogen) atoms. The SMILES string of the molecule is C.C.CN(C)C1CC2(CCN(c3ccc(Nc4ncc(Br)c(Nc5ccc6nccnc6c5P(C)(C)=O)n4)cc3N)CC2)C1.CN(C)C1CC2(CCN(c3ccc(Nc4ncc(Br)c(Nc5ccc6nccnc6c5P(C)(C)=O)n4)cc3[N+](=O)[O-])CC2)C1. The number of rotatable bonds is 15. The summed E-state index contributed by atoms with van der Waals surface area (Å²) in [6, 6.07) is 19.9. The lowest BCUT2D eigenvalue weighted by Gasteiger charge is -2.54. The van der Waals surface area contributed by atoms with Crippen LogP contribution in [0.3, 0.4) is 0 Å². The highest BCUT2D eigenvalue weighted by Crippen LogP contribution is 2.53. The fourth-order valence-corrected chi connectivity index (χ4v) is 16.1. The van der Waals surface area contributed by atoms with E-state index < -0.39 is 14.3 Å². The van der Waals surface area contributed by atoms with Crippen LogP contribution in [-0.2, 0) is 9.13 Å². The molecule has 0 atom stereocenters. The molecule has 0 amide bonds. The van der Waals surface area contributed by atoms with Crippen molar-refractivity contribution in [1.82, 2.24) is 49.7 Å². The van der Waals surface area contributed by atoms with Crippen LogP contribution in [0.25, 0.3) is 22.1 Å². The summed E-state index contributed by atoms with van der Waals surface area (Å²) < 4.78 is 27.9. The third-order valence-corrected chi connectivity index (χ3v) is 21.7. The number of piperidine rings is 2. The average molecular weight is 1360 g/mol. The van der Waals surface area contributed by atoms with Crippen molar-refractivity contribution in [2.24, 2.45) is 10.8 Å². The highest BCUT2D eigenvalue weighted by atomic mass is 79.9. The molecule has 0 bridgehead atoms. The second kappa shape index (κ2) is 26.3. The van der Waals surface area contributed by atoms with Gasteiger partial charge in [0, 0.05) is 92.9 Å². The van der Waals surface area contributed by atoms with Crippen LogP contribution in [0.4, 0.5) is 69.0 Å². The van der Waals surface area contributed by atoms with E-state index >= 15 is 0 Å². The number of anilines is 11. The summed E-state index contributed by atoms with van der Waals surface area (Å²) >= 11 is 7.05. The Labute approximate surface area is 532 Å². The maximum absolute atomic E-state index is 13.3. The van der Waals surface area contributed by atoms with Crippen molar-refractivity contribution in [1.29, 1.82) is 0 Å². The van der Waals surface area contributed by atoms with Crippen LogP contribution < -0.4 is 47.4 Å². The van der Waals surface area contributed by atoms with Gasteiger partial charge in [0.2, 0.25) is 11.9 Å². The third kappa shape index (κ3) is 14.1. The number of nitrogens with one attached hydrogen (secondary N) is 4. The monoisotopic (exact) mass is 1360 g/mol. The van der Waals surface area contributed by atoms with Crippen LogP contribution in [0.15, 0.2) is 107 Å².